The van der Waals surface area contributed by atoms with Crippen molar-refractivity contribution in [2.24, 2.45) is 0 Å². The molecule has 0 fully saturated rings. The van der Waals surface area contributed by atoms with E-state index in [-0.39, 0.29) is 18.8 Å². The Balaban J connectivity index is 1.96. The number of carbonyl (C=O) groups is 2. The molecule has 0 N–H and O–H groups in total. The molecular weight excluding hydrogens is 278 g/mol. The first kappa shape index (κ1) is 15.5. The number of benzene rings is 2. The van der Waals surface area contributed by atoms with Gasteiger partial charge in [0.25, 0.3) is 0 Å². The number of Topliss-reactive ketones (excluding diaryl/α,β-unsaturated/α-hetero) is 1. The summed E-state index contributed by atoms with van der Waals surface area (Å²) in [5.41, 5.74) is 2.85. The molecule has 4 nitrogen and oxygen atoms in total. The lowest BCUT2D eigenvalue weighted by molar-refractivity contribution is 0.0472. The SMILES string of the molecule is Cc1ccc(COC(=O)c2ccc(C(=O)CC#N)cc2)cc1. The smallest absolute Gasteiger partial charge is 0.338 e. The molecule has 0 aliphatic rings. The number of nitriles is 1. The Kier molecular flexibility index (Phi) is 5.05. The third-order valence-corrected chi connectivity index (χ3v) is 3.17. The molecule has 0 aliphatic heterocycles. The van der Waals surface area contributed by atoms with Gasteiger partial charge in [-0.1, -0.05) is 42.0 Å². The first-order valence-corrected chi connectivity index (χ1v) is 6.83. The topological polar surface area (TPSA) is 67.2 Å². The van der Waals surface area contributed by atoms with Crippen LogP contribution in [0.5, 0.6) is 0 Å². The molecule has 0 saturated carbocycles. The van der Waals surface area contributed by atoms with Gasteiger partial charge in [0.05, 0.1) is 18.1 Å². The van der Waals surface area contributed by atoms with Crippen LogP contribution in [0.1, 0.15) is 38.3 Å². The monoisotopic (exact) mass is 293 g/mol. The Morgan fingerprint density at radius 3 is 2.18 bits per heavy atom. The van der Waals surface area contributed by atoms with Gasteiger partial charge in [0.2, 0.25) is 0 Å². The Morgan fingerprint density at radius 1 is 1.00 bits per heavy atom. The van der Waals surface area contributed by atoms with Gasteiger partial charge < -0.3 is 4.74 Å². The summed E-state index contributed by atoms with van der Waals surface area (Å²) in [6.07, 6.45) is -0.169. The summed E-state index contributed by atoms with van der Waals surface area (Å²) < 4.78 is 5.23. The van der Waals surface area contributed by atoms with Gasteiger partial charge in [-0.15, -0.1) is 0 Å². The fourth-order valence-electron chi connectivity index (χ4n) is 1.88. The van der Waals surface area contributed by atoms with Gasteiger partial charge in [-0.05, 0) is 24.6 Å². The zero-order valence-corrected chi connectivity index (χ0v) is 12.2. The predicted molar refractivity (Wildman–Crippen MR) is 81.3 cm³/mol. The van der Waals surface area contributed by atoms with Crippen LogP contribution in [0.2, 0.25) is 0 Å². The van der Waals surface area contributed by atoms with Crippen LogP contribution in [0.3, 0.4) is 0 Å². The summed E-state index contributed by atoms with van der Waals surface area (Å²) in [5, 5.41) is 8.49. The average Bonchev–Trinajstić information content (AvgIpc) is 2.54. The highest BCUT2D eigenvalue weighted by Gasteiger charge is 2.10. The fourth-order valence-corrected chi connectivity index (χ4v) is 1.88. The van der Waals surface area contributed by atoms with Crippen LogP contribution in [-0.4, -0.2) is 11.8 Å². The van der Waals surface area contributed by atoms with E-state index < -0.39 is 5.97 Å². The third-order valence-electron chi connectivity index (χ3n) is 3.17. The molecule has 110 valence electrons. The molecule has 0 radical (unpaired) electrons. The lowest BCUT2D eigenvalue weighted by Gasteiger charge is -2.06. The molecule has 0 spiro atoms. The quantitative estimate of drug-likeness (QED) is 0.625. The summed E-state index contributed by atoms with van der Waals surface area (Å²) in [5.74, 6) is -0.707. The molecule has 0 atom stereocenters. The minimum absolute atomic E-state index is 0.169. The number of rotatable bonds is 5. The highest BCUT2D eigenvalue weighted by atomic mass is 16.5. The van der Waals surface area contributed by atoms with Gasteiger partial charge in [0.15, 0.2) is 5.78 Å². The number of ketones is 1. The van der Waals surface area contributed by atoms with Gasteiger partial charge in [0.1, 0.15) is 6.61 Å². The summed E-state index contributed by atoms with van der Waals surface area (Å²) in [7, 11) is 0. The molecule has 22 heavy (non-hydrogen) atoms. The van der Waals surface area contributed by atoms with Crippen LogP contribution in [0, 0.1) is 18.3 Å². The first-order chi connectivity index (χ1) is 10.6. The second-order valence-corrected chi connectivity index (χ2v) is 4.90. The zero-order chi connectivity index (χ0) is 15.9. The number of nitrogens with zero attached hydrogens (tertiary/aromatic N) is 1. The predicted octanol–water partition coefficient (Wildman–Crippen LogP) is 3.45. The van der Waals surface area contributed by atoms with E-state index in [2.05, 4.69) is 0 Å². The molecule has 0 heterocycles. The second-order valence-electron chi connectivity index (χ2n) is 4.90. The summed E-state index contributed by atoms with van der Waals surface area (Å²) in [6.45, 7) is 2.19. The van der Waals surface area contributed by atoms with Crippen molar-refractivity contribution in [1.29, 1.82) is 5.26 Å². The maximum Gasteiger partial charge on any atom is 0.338 e. The minimum Gasteiger partial charge on any atom is -0.457 e. The molecule has 0 saturated heterocycles. The summed E-state index contributed by atoms with van der Waals surface area (Å²) >= 11 is 0. The number of aryl methyl sites for hydroxylation is 1. The lowest BCUT2D eigenvalue weighted by atomic mass is 10.1. The van der Waals surface area contributed by atoms with Crippen LogP contribution >= 0.6 is 0 Å². The molecule has 2 aromatic carbocycles. The van der Waals surface area contributed by atoms with E-state index >= 15 is 0 Å². The Hall–Kier alpha value is -2.93. The average molecular weight is 293 g/mol. The number of ether oxygens (including phenoxy) is 1. The Labute approximate surface area is 129 Å². The number of esters is 1. The normalized spacial score (nSPS) is 9.82. The van der Waals surface area contributed by atoms with Gasteiger partial charge in [0, 0.05) is 5.56 Å². The van der Waals surface area contributed by atoms with E-state index in [0.29, 0.717) is 11.1 Å². The van der Waals surface area contributed by atoms with Crippen LogP contribution in [-0.2, 0) is 11.3 Å². The molecule has 0 aromatic heterocycles. The summed E-state index contributed by atoms with van der Waals surface area (Å²) in [6, 6.07) is 15.7. The minimum atomic E-state index is -0.445. The van der Waals surface area contributed by atoms with Crippen molar-refractivity contribution in [3.05, 3.63) is 70.8 Å². The van der Waals surface area contributed by atoms with Crippen LogP contribution in [0.25, 0.3) is 0 Å². The first-order valence-electron chi connectivity index (χ1n) is 6.83. The molecular formula is C18H15NO3. The van der Waals surface area contributed by atoms with E-state index in [1.165, 1.54) is 24.3 Å². The number of carbonyl (C=O) groups excluding carboxylic acids is 2. The van der Waals surface area contributed by atoms with Crippen LogP contribution < -0.4 is 0 Å². The standard InChI is InChI=1S/C18H15NO3/c1-13-2-4-14(5-3-13)12-22-18(21)16-8-6-15(7-9-16)17(20)10-11-19/h2-9H,10,12H2,1H3. The fraction of sp³-hybridized carbons (Fsp3) is 0.167. The highest BCUT2D eigenvalue weighted by Crippen LogP contribution is 2.10. The van der Waals surface area contributed by atoms with Gasteiger partial charge in [-0.25, -0.2) is 4.79 Å². The van der Waals surface area contributed by atoms with E-state index in [0.717, 1.165) is 11.1 Å². The van der Waals surface area contributed by atoms with Crippen LogP contribution in [0.15, 0.2) is 48.5 Å². The van der Waals surface area contributed by atoms with Crippen molar-refractivity contribution in [2.75, 3.05) is 0 Å². The van der Waals surface area contributed by atoms with Gasteiger partial charge in [-0.2, -0.15) is 5.26 Å². The molecule has 0 bridgehead atoms. The maximum absolute atomic E-state index is 11.9. The second kappa shape index (κ2) is 7.19. The third kappa shape index (κ3) is 4.03. The lowest BCUT2D eigenvalue weighted by Crippen LogP contribution is -2.06. The van der Waals surface area contributed by atoms with E-state index in [1.54, 1.807) is 6.07 Å². The number of hydrogen-bond acceptors (Lipinski definition) is 4. The molecule has 2 rings (SSSR count). The van der Waals surface area contributed by atoms with Crippen molar-refractivity contribution in [3.63, 3.8) is 0 Å². The van der Waals surface area contributed by atoms with Gasteiger partial charge in [-0.3, -0.25) is 4.79 Å². The van der Waals surface area contributed by atoms with E-state index in [4.69, 9.17) is 10.00 Å². The molecule has 0 aliphatic carbocycles. The molecule has 2 aromatic rings. The molecule has 4 heteroatoms. The van der Waals surface area contributed by atoms with Crippen molar-refractivity contribution >= 4 is 11.8 Å². The Morgan fingerprint density at radius 2 is 1.59 bits per heavy atom. The van der Waals surface area contributed by atoms with E-state index in [1.807, 2.05) is 31.2 Å². The van der Waals surface area contributed by atoms with Crippen molar-refractivity contribution in [3.8, 4) is 6.07 Å². The van der Waals surface area contributed by atoms with Crippen molar-refractivity contribution in [1.82, 2.24) is 0 Å². The maximum atomic E-state index is 11.9. The summed E-state index contributed by atoms with van der Waals surface area (Å²) in [4.78, 5) is 23.5. The van der Waals surface area contributed by atoms with Crippen molar-refractivity contribution in [2.45, 2.75) is 20.0 Å². The largest absolute Gasteiger partial charge is 0.457 e. The zero-order valence-electron chi connectivity index (χ0n) is 12.2. The molecule has 0 amide bonds. The van der Waals surface area contributed by atoms with E-state index in [9.17, 15) is 9.59 Å². The van der Waals surface area contributed by atoms with Crippen LogP contribution in [0.4, 0.5) is 0 Å². The highest BCUT2D eigenvalue weighted by molar-refractivity contribution is 5.98. The van der Waals surface area contributed by atoms with Crippen molar-refractivity contribution < 1.29 is 14.3 Å². The molecule has 0 unspecified atom stereocenters. The number of hydrogen-bond donors (Lipinski definition) is 0. The van der Waals surface area contributed by atoms with Gasteiger partial charge >= 0.3 is 5.97 Å². The Bertz CT molecular complexity index is 709.